The molecule has 2 rings (SSSR count). The number of rotatable bonds is 6. The first kappa shape index (κ1) is 16.9. The van der Waals surface area contributed by atoms with Crippen molar-refractivity contribution in [2.45, 2.75) is 33.4 Å². The average Bonchev–Trinajstić information content (AvgIpc) is 2.95. The van der Waals surface area contributed by atoms with Gasteiger partial charge in [-0.25, -0.2) is 0 Å². The van der Waals surface area contributed by atoms with E-state index in [4.69, 9.17) is 9.47 Å². The summed E-state index contributed by atoms with van der Waals surface area (Å²) >= 11 is 0. The molecule has 6 heteroatoms. The van der Waals surface area contributed by atoms with Crippen LogP contribution in [0, 0.1) is 6.92 Å². The highest BCUT2D eigenvalue weighted by molar-refractivity contribution is 5.97. The quantitative estimate of drug-likeness (QED) is 0.889. The minimum Gasteiger partial charge on any atom is -0.497 e. The first-order valence-corrected chi connectivity index (χ1v) is 7.57. The predicted molar refractivity (Wildman–Crippen MR) is 88.1 cm³/mol. The molecule has 124 valence electrons. The molecular weight excluding hydrogens is 294 g/mol. The first-order valence-electron chi connectivity index (χ1n) is 7.57. The molecule has 1 atom stereocenters. The molecule has 23 heavy (non-hydrogen) atoms. The van der Waals surface area contributed by atoms with Gasteiger partial charge >= 0.3 is 0 Å². The number of benzene rings is 1. The van der Waals surface area contributed by atoms with Gasteiger partial charge in [-0.3, -0.25) is 9.48 Å². The van der Waals surface area contributed by atoms with Crippen LogP contribution >= 0.6 is 0 Å². The Hall–Kier alpha value is -2.50. The molecule has 0 aliphatic carbocycles. The van der Waals surface area contributed by atoms with Gasteiger partial charge in [0.2, 0.25) is 0 Å². The van der Waals surface area contributed by atoms with Crippen LogP contribution in [0.4, 0.5) is 0 Å². The summed E-state index contributed by atoms with van der Waals surface area (Å²) in [6, 6.07) is 4.99. The average molecular weight is 317 g/mol. The first-order chi connectivity index (χ1) is 11.0. The molecule has 1 aromatic carbocycles. The van der Waals surface area contributed by atoms with Gasteiger partial charge in [-0.15, -0.1) is 0 Å². The summed E-state index contributed by atoms with van der Waals surface area (Å²) in [6.45, 7) is 6.71. The van der Waals surface area contributed by atoms with E-state index in [1.165, 1.54) is 7.11 Å². The van der Waals surface area contributed by atoms with Gasteiger partial charge in [-0.05, 0) is 32.9 Å². The molecule has 0 bridgehead atoms. The second kappa shape index (κ2) is 7.17. The standard InChI is InChI=1S/C17H23N3O3/c1-6-20-10-15(12(3)19-20)11(2)18-17(21)14-8-7-13(22-4)9-16(14)23-5/h7-11H,6H2,1-5H3,(H,18,21). The number of hydrogen-bond acceptors (Lipinski definition) is 4. The van der Waals surface area contributed by atoms with Gasteiger partial charge in [0.15, 0.2) is 0 Å². The van der Waals surface area contributed by atoms with Crippen LogP contribution in [-0.2, 0) is 6.54 Å². The molecule has 0 spiro atoms. The van der Waals surface area contributed by atoms with E-state index in [9.17, 15) is 4.79 Å². The number of hydrogen-bond donors (Lipinski definition) is 1. The predicted octanol–water partition coefficient (Wildman–Crippen LogP) is 2.72. The maximum atomic E-state index is 12.5. The van der Waals surface area contributed by atoms with Crippen molar-refractivity contribution in [2.24, 2.45) is 0 Å². The molecule has 0 aliphatic rings. The molecule has 0 aliphatic heterocycles. The third kappa shape index (κ3) is 3.64. The summed E-state index contributed by atoms with van der Waals surface area (Å²) in [7, 11) is 3.11. The van der Waals surface area contributed by atoms with Crippen LogP contribution in [0.15, 0.2) is 24.4 Å². The van der Waals surface area contributed by atoms with Crippen molar-refractivity contribution in [3.05, 3.63) is 41.2 Å². The molecule has 1 aromatic heterocycles. The zero-order valence-corrected chi connectivity index (χ0v) is 14.2. The van der Waals surface area contributed by atoms with Crippen LogP contribution in [0.2, 0.25) is 0 Å². The van der Waals surface area contributed by atoms with E-state index in [-0.39, 0.29) is 11.9 Å². The minimum atomic E-state index is -0.194. The fourth-order valence-electron chi connectivity index (χ4n) is 2.46. The lowest BCUT2D eigenvalue weighted by molar-refractivity contribution is 0.0936. The fourth-order valence-corrected chi connectivity index (χ4v) is 2.46. The number of carbonyl (C=O) groups excluding carboxylic acids is 1. The summed E-state index contributed by atoms with van der Waals surface area (Å²) in [6.07, 6.45) is 1.96. The second-order valence-electron chi connectivity index (χ2n) is 5.29. The summed E-state index contributed by atoms with van der Waals surface area (Å²) in [5, 5.41) is 7.40. The Morgan fingerprint density at radius 3 is 2.65 bits per heavy atom. The van der Waals surface area contributed by atoms with Crippen molar-refractivity contribution in [1.82, 2.24) is 15.1 Å². The van der Waals surface area contributed by atoms with Gasteiger partial charge in [0.1, 0.15) is 11.5 Å². The number of ether oxygens (including phenoxy) is 2. The van der Waals surface area contributed by atoms with Crippen molar-refractivity contribution in [3.63, 3.8) is 0 Å². The number of carbonyl (C=O) groups is 1. The van der Waals surface area contributed by atoms with Crippen LogP contribution in [0.3, 0.4) is 0 Å². The lowest BCUT2D eigenvalue weighted by Crippen LogP contribution is -2.27. The van der Waals surface area contributed by atoms with Crippen molar-refractivity contribution < 1.29 is 14.3 Å². The normalized spacial score (nSPS) is 11.9. The Balaban J connectivity index is 2.19. The molecule has 1 N–H and O–H groups in total. The molecule has 0 radical (unpaired) electrons. The zero-order chi connectivity index (χ0) is 17.0. The maximum absolute atomic E-state index is 12.5. The van der Waals surface area contributed by atoms with Crippen LogP contribution in [0.25, 0.3) is 0 Å². The highest BCUT2D eigenvalue weighted by atomic mass is 16.5. The highest BCUT2D eigenvalue weighted by Gasteiger charge is 2.18. The maximum Gasteiger partial charge on any atom is 0.255 e. The van der Waals surface area contributed by atoms with Gasteiger partial charge in [0.25, 0.3) is 5.91 Å². The van der Waals surface area contributed by atoms with E-state index in [1.54, 1.807) is 25.3 Å². The molecule has 2 aromatic rings. The molecule has 0 saturated carbocycles. The molecule has 0 saturated heterocycles. The van der Waals surface area contributed by atoms with Gasteiger partial charge in [0.05, 0.1) is 31.5 Å². The Bertz CT molecular complexity index is 694. The van der Waals surface area contributed by atoms with Crippen molar-refractivity contribution in [1.29, 1.82) is 0 Å². The minimum absolute atomic E-state index is 0.144. The lowest BCUT2D eigenvalue weighted by Gasteiger charge is -2.15. The monoisotopic (exact) mass is 317 g/mol. The van der Waals surface area contributed by atoms with Gasteiger partial charge in [-0.2, -0.15) is 5.10 Å². The number of methoxy groups -OCH3 is 2. The van der Waals surface area contributed by atoms with E-state index < -0.39 is 0 Å². The molecule has 6 nitrogen and oxygen atoms in total. The van der Waals surface area contributed by atoms with E-state index in [2.05, 4.69) is 10.4 Å². The lowest BCUT2D eigenvalue weighted by atomic mass is 10.1. The van der Waals surface area contributed by atoms with E-state index in [1.807, 2.05) is 31.6 Å². The Kier molecular flexibility index (Phi) is 5.26. The Morgan fingerprint density at radius 1 is 1.35 bits per heavy atom. The number of aryl methyl sites for hydroxylation is 2. The molecule has 1 heterocycles. The summed E-state index contributed by atoms with van der Waals surface area (Å²) < 4.78 is 12.3. The smallest absolute Gasteiger partial charge is 0.255 e. The molecule has 1 amide bonds. The van der Waals surface area contributed by atoms with Crippen molar-refractivity contribution in [3.8, 4) is 11.5 Å². The topological polar surface area (TPSA) is 65.4 Å². The SMILES string of the molecule is CCn1cc(C(C)NC(=O)c2ccc(OC)cc2OC)c(C)n1. The van der Waals surface area contributed by atoms with Crippen LogP contribution in [0.5, 0.6) is 11.5 Å². The summed E-state index contributed by atoms with van der Waals surface area (Å²) in [4.78, 5) is 12.5. The molecular formula is C17H23N3O3. The van der Waals surface area contributed by atoms with Crippen LogP contribution in [0.1, 0.15) is 41.5 Å². The Labute approximate surface area is 136 Å². The third-order valence-electron chi connectivity index (χ3n) is 3.78. The summed E-state index contributed by atoms with van der Waals surface area (Å²) in [5.74, 6) is 0.933. The van der Waals surface area contributed by atoms with Gasteiger partial charge in [-0.1, -0.05) is 0 Å². The fraction of sp³-hybridized carbons (Fsp3) is 0.412. The number of amides is 1. The van der Waals surface area contributed by atoms with E-state index in [0.717, 1.165) is 17.8 Å². The van der Waals surface area contributed by atoms with E-state index >= 15 is 0 Å². The van der Waals surface area contributed by atoms with E-state index in [0.29, 0.717) is 17.1 Å². The third-order valence-corrected chi connectivity index (χ3v) is 3.78. The van der Waals surface area contributed by atoms with Crippen LogP contribution < -0.4 is 14.8 Å². The van der Waals surface area contributed by atoms with Gasteiger partial charge < -0.3 is 14.8 Å². The number of nitrogens with zero attached hydrogens (tertiary/aromatic N) is 2. The zero-order valence-electron chi connectivity index (χ0n) is 14.2. The largest absolute Gasteiger partial charge is 0.497 e. The Morgan fingerprint density at radius 2 is 2.09 bits per heavy atom. The number of nitrogens with one attached hydrogen (secondary N) is 1. The molecule has 1 unspecified atom stereocenters. The van der Waals surface area contributed by atoms with Crippen LogP contribution in [-0.4, -0.2) is 29.9 Å². The van der Waals surface area contributed by atoms with Gasteiger partial charge in [0, 0.05) is 24.4 Å². The van der Waals surface area contributed by atoms with Crippen molar-refractivity contribution in [2.75, 3.05) is 14.2 Å². The molecule has 0 fully saturated rings. The highest BCUT2D eigenvalue weighted by Crippen LogP contribution is 2.25. The second-order valence-corrected chi connectivity index (χ2v) is 5.29. The van der Waals surface area contributed by atoms with Crippen molar-refractivity contribution >= 4 is 5.91 Å². The number of aromatic nitrogens is 2. The summed E-state index contributed by atoms with van der Waals surface area (Å²) in [5.41, 5.74) is 2.40.